The third kappa shape index (κ3) is 2.45. The van der Waals surface area contributed by atoms with E-state index in [0.717, 1.165) is 32.5 Å². The molecule has 3 aliphatic heterocycles. The number of piperidine rings is 1. The number of rotatable bonds is 3. The first-order chi connectivity index (χ1) is 6.99. The first-order valence-corrected chi connectivity index (χ1v) is 5.54. The van der Waals surface area contributed by atoms with E-state index in [9.17, 15) is 13.2 Å². The fourth-order valence-electron chi connectivity index (χ4n) is 2.74. The minimum Gasteiger partial charge on any atom is -0.300 e. The molecule has 0 aromatic carbocycles. The average Bonchev–Trinajstić information content (AvgIpc) is 2.14. The van der Waals surface area contributed by atoms with Crippen LogP contribution in [0.3, 0.4) is 0 Å². The van der Waals surface area contributed by atoms with E-state index in [-0.39, 0.29) is 12.1 Å². The zero-order valence-electron chi connectivity index (χ0n) is 8.93. The SMILES string of the molecule is CCCN1CC2CC(C1)N2CC(F)(F)F. The highest BCUT2D eigenvalue weighted by Gasteiger charge is 2.48. The van der Waals surface area contributed by atoms with Crippen LogP contribution in [0.5, 0.6) is 0 Å². The minimum atomic E-state index is -4.04. The van der Waals surface area contributed by atoms with Gasteiger partial charge >= 0.3 is 6.18 Å². The van der Waals surface area contributed by atoms with Crippen molar-refractivity contribution in [3.8, 4) is 0 Å². The van der Waals surface area contributed by atoms with Gasteiger partial charge in [-0.15, -0.1) is 0 Å². The van der Waals surface area contributed by atoms with E-state index < -0.39 is 12.7 Å². The van der Waals surface area contributed by atoms with Crippen LogP contribution >= 0.6 is 0 Å². The van der Waals surface area contributed by atoms with Gasteiger partial charge in [-0.2, -0.15) is 13.2 Å². The standard InChI is InChI=1S/C10H17F3N2/c1-2-3-14-5-8-4-9(6-14)15(8)7-10(11,12)13/h8-9H,2-7H2,1H3. The highest BCUT2D eigenvalue weighted by molar-refractivity contribution is 5.01. The molecule has 2 nitrogen and oxygen atoms in total. The monoisotopic (exact) mass is 222 g/mol. The number of nitrogens with zero attached hydrogens (tertiary/aromatic N) is 2. The molecule has 3 fully saturated rings. The number of halogens is 3. The van der Waals surface area contributed by atoms with Crippen LogP contribution in [0.4, 0.5) is 13.2 Å². The van der Waals surface area contributed by atoms with Crippen molar-refractivity contribution in [2.75, 3.05) is 26.2 Å². The molecule has 0 amide bonds. The molecule has 3 saturated heterocycles. The Labute approximate surface area is 88.0 Å². The van der Waals surface area contributed by atoms with E-state index in [4.69, 9.17) is 0 Å². The zero-order valence-corrected chi connectivity index (χ0v) is 8.93. The average molecular weight is 222 g/mol. The molecule has 3 heterocycles. The second-order valence-corrected chi connectivity index (χ2v) is 4.59. The predicted octanol–water partition coefficient (Wildman–Crippen LogP) is 1.72. The molecule has 0 radical (unpaired) electrons. The summed E-state index contributed by atoms with van der Waals surface area (Å²) in [5.41, 5.74) is 0. The van der Waals surface area contributed by atoms with Crippen molar-refractivity contribution in [2.45, 2.75) is 38.0 Å². The lowest BCUT2D eigenvalue weighted by atomic mass is 9.87. The van der Waals surface area contributed by atoms with Crippen LogP contribution in [-0.4, -0.2) is 54.2 Å². The molecule has 2 unspecified atom stereocenters. The van der Waals surface area contributed by atoms with Gasteiger partial charge in [-0.1, -0.05) is 6.92 Å². The number of hydrogen-bond acceptors (Lipinski definition) is 2. The molecule has 88 valence electrons. The summed E-state index contributed by atoms with van der Waals surface area (Å²) in [6.07, 6.45) is -2.00. The molecule has 0 aliphatic carbocycles. The van der Waals surface area contributed by atoms with Crippen molar-refractivity contribution in [1.29, 1.82) is 0 Å². The topological polar surface area (TPSA) is 6.48 Å². The van der Waals surface area contributed by atoms with Gasteiger partial charge in [-0.05, 0) is 19.4 Å². The van der Waals surface area contributed by atoms with Gasteiger partial charge in [0, 0.05) is 25.2 Å². The Morgan fingerprint density at radius 3 is 2.27 bits per heavy atom. The Morgan fingerprint density at radius 2 is 1.80 bits per heavy atom. The van der Waals surface area contributed by atoms with Gasteiger partial charge in [0.2, 0.25) is 0 Å². The first-order valence-electron chi connectivity index (χ1n) is 5.54. The van der Waals surface area contributed by atoms with Gasteiger partial charge in [0.1, 0.15) is 0 Å². The van der Waals surface area contributed by atoms with E-state index in [2.05, 4.69) is 11.8 Å². The summed E-state index contributed by atoms with van der Waals surface area (Å²) in [6.45, 7) is 4.05. The van der Waals surface area contributed by atoms with Gasteiger partial charge in [-0.25, -0.2) is 0 Å². The van der Waals surface area contributed by atoms with Crippen LogP contribution in [0.2, 0.25) is 0 Å². The third-order valence-corrected chi connectivity index (χ3v) is 3.32. The van der Waals surface area contributed by atoms with Crippen molar-refractivity contribution < 1.29 is 13.2 Å². The molecule has 0 saturated carbocycles. The summed E-state index contributed by atoms with van der Waals surface area (Å²) in [4.78, 5) is 3.90. The number of piperazine rings is 1. The van der Waals surface area contributed by atoms with E-state index in [0.29, 0.717) is 0 Å². The van der Waals surface area contributed by atoms with Gasteiger partial charge in [-0.3, -0.25) is 4.90 Å². The predicted molar refractivity (Wildman–Crippen MR) is 51.7 cm³/mol. The van der Waals surface area contributed by atoms with Gasteiger partial charge in [0.15, 0.2) is 0 Å². The molecule has 0 N–H and O–H groups in total. The van der Waals surface area contributed by atoms with Crippen LogP contribution in [0.25, 0.3) is 0 Å². The summed E-state index contributed by atoms with van der Waals surface area (Å²) in [6, 6.07) is 0.300. The summed E-state index contributed by atoms with van der Waals surface area (Å²) < 4.78 is 36.7. The largest absolute Gasteiger partial charge is 0.401 e. The number of hydrogen-bond donors (Lipinski definition) is 0. The maximum Gasteiger partial charge on any atom is 0.401 e. The van der Waals surface area contributed by atoms with Crippen LogP contribution in [0.15, 0.2) is 0 Å². The smallest absolute Gasteiger partial charge is 0.300 e. The number of alkyl halides is 3. The molecule has 0 aromatic heterocycles. The normalized spacial score (nSPS) is 32.8. The summed E-state index contributed by atoms with van der Waals surface area (Å²) >= 11 is 0. The van der Waals surface area contributed by atoms with Gasteiger partial charge in [0.05, 0.1) is 6.54 Å². The second kappa shape index (κ2) is 3.94. The Morgan fingerprint density at radius 1 is 1.20 bits per heavy atom. The lowest BCUT2D eigenvalue weighted by Gasteiger charge is -2.56. The van der Waals surface area contributed by atoms with E-state index in [1.807, 2.05) is 0 Å². The molecular weight excluding hydrogens is 205 g/mol. The molecular formula is C10H17F3N2. The molecule has 15 heavy (non-hydrogen) atoms. The van der Waals surface area contributed by atoms with Gasteiger partial charge in [0.25, 0.3) is 0 Å². The van der Waals surface area contributed by atoms with Crippen molar-refractivity contribution in [3.63, 3.8) is 0 Å². The maximum atomic E-state index is 12.2. The molecule has 2 atom stereocenters. The van der Waals surface area contributed by atoms with Crippen LogP contribution in [0, 0.1) is 0 Å². The highest BCUT2D eigenvalue weighted by Crippen LogP contribution is 2.34. The molecule has 0 aromatic rings. The van der Waals surface area contributed by atoms with E-state index >= 15 is 0 Å². The van der Waals surface area contributed by atoms with Crippen molar-refractivity contribution in [2.24, 2.45) is 0 Å². The number of fused-ring (bicyclic) bond motifs is 2. The fraction of sp³-hybridized carbons (Fsp3) is 1.00. The second-order valence-electron chi connectivity index (χ2n) is 4.59. The third-order valence-electron chi connectivity index (χ3n) is 3.32. The molecule has 2 bridgehead atoms. The minimum absolute atomic E-state index is 0.150. The summed E-state index contributed by atoms with van der Waals surface area (Å²) in [5.74, 6) is 0. The summed E-state index contributed by atoms with van der Waals surface area (Å²) in [7, 11) is 0. The van der Waals surface area contributed by atoms with Crippen LogP contribution in [0.1, 0.15) is 19.8 Å². The Balaban J connectivity index is 1.84. The molecule has 3 aliphatic rings. The lowest BCUT2D eigenvalue weighted by molar-refractivity contribution is -0.187. The molecule has 0 spiro atoms. The summed E-state index contributed by atoms with van der Waals surface area (Å²) in [5, 5.41) is 0. The van der Waals surface area contributed by atoms with Crippen molar-refractivity contribution in [1.82, 2.24) is 9.80 Å². The van der Waals surface area contributed by atoms with Crippen molar-refractivity contribution >= 4 is 0 Å². The lowest BCUT2D eigenvalue weighted by Crippen LogP contribution is -2.69. The van der Waals surface area contributed by atoms with Crippen LogP contribution < -0.4 is 0 Å². The Hall–Kier alpha value is -0.290. The quantitative estimate of drug-likeness (QED) is 0.717. The Kier molecular flexibility index (Phi) is 2.94. The fourth-order valence-corrected chi connectivity index (χ4v) is 2.74. The highest BCUT2D eigenvalue weighted by atomic mass is 19.4. The van der Waals surface area contributed by atoms with E-state index in [1.165, 1.54) is 0 Å². The zero-order chi connectivity index (χ0) is 11.1. The van der Waals surface area contributed by atoms with Crippen molar-refractivity contribution in [3.05, 3.63) is 0 Å². The van der Waals surface area contributed by atoms with Gasteiger partial charge < -0.3 is 4.90 Å². The van der Waals surface area contributed by atoms with Crippen LogP contribution in [-0.2, 0) is 0 Å². The molecule has 5 heteroatoms. The van der Waals surface area contributed by atoms with E-state index in [1.54, 1.807) is 4.90 Å². The first kappa shape index (κ1) is 11.2. The maximum absolute atomic E-state index is 12.2. The molecule has 3 rings (SSSR count). The Bertz CT molecular complexity index is 217.